The summed E-state index contributed by atoms with van der Waals surface area (Å²) in [6.45, 7) is 8.56. The number of aromatic nitrogens is 2. The van der Waals surface area contributed by atoms with E-state index in [2.05, 4.69) is 39.6 Å². The number of ether oxygens (including phenoxy) is 1. The van der Waals surface area contributed by atoms with E-state index in [1.807, 2.05) is 0 Å². The monoisotopic (exact) mass is 281 g/mol. The van der Waals surface area contributed by atoms with Crippen LogP contribution in [0.25, 0.3) is 0 Å². The minimum Gasteiger partial charge on any atom is -0.374 e. The van der Waals surface area contributed by atoms with Crippen LogP contribution in [-0.2, 0) is 4.74 Å². The first-order valence-corrected chi connectivity index (χ1v) is 7.01. The molecule has 1 aromatic rings. The lowest BCUT2D eigenvalue weighted by atomic mass is 10.2. The molecular weight excluding hydrogens is 258 g/mol. The molecule has 0 spiro atoms. The van der Waals surface area contributed by atoms with Gasteiger partial charge in [0.15, 0.2) is 0 Å². The van der Waals surface area contributed by atoms with Gasteiger partial charge in [0.05, 0.1) is 24.6 Å². The summed E-state index contributed by atoms with van der Waals surface area (Å²) in [6, 6.07) is -0.240. The fraction of sp³-hybridized carbons (Fsp3) is 0.692. The summed E-state index contributed by atoms with van der Waals surface area (Å²) < 4.78 is 5.67. The van der Waals surface area contributed by atoms with E-state index < -0.39 is 0 Å². The Morgan fingerprint density at radius 3 is 3.20 bits per heavy atom. The third-order valence-electron chi connectivity index (χ3n) is 3.09. The molecule has 1 fully saturated rings. The summed E-state index contributed by atoms with van der Waals surface area (Å²) in [4.78, 5) is 14.1. The lowest BCUT2D eigenvalue weighted by Gasteiger charge is -2.33. The van der Waals surface area contributed by atoms with Gasteiger partial charge in [0.2, 0.25) is 0 Å². The number of hydrogen-bond acceptors (Lipinski definition) is 4. The third kappa shape index (κ3) is 4.82. The van der Waals surface area contributed by atoms with Crippen LogP contribution < -0.4 is 10.6 Å². The Labute approximate surface area is 119 Å². The van der Waals surface area contributed by atoms with Gasteiger partial charge in [-0.25, -0.2) is 4.79 Å². The van der Waals surface area contributed by atoms with Gasteiger partial charge >= 0.3 is 6.03 Å². The van der Waals surface area contributed by atoms with Gasteiger partial charge in [-0.05, 0) is 5.92 Å². The largest absolute Gasteiger partial charge is 0.374 e. The molecule has 0 aliphatic carbocycles. The third-order valence-corrected chi connectivity index (χ3v) is 3.09. The molecule has 0 aromatic carbocycles. The van der Waals surface area contributed by atoms with Crippen molar-refractivity contribution >= 4 is 11.7 Å². The zero-order valence-electron chi connectivity index (χ0n) is 12.1. The number of amides is 2. The Hall–Kier alpha value is -1.60. The fourth-order valence-electron chi connectivity index (χ4n) is 2.29. The number of H-pyrrole nitrogens is 1. The van der Waals surface area contributed by atoms with Crippen LogP contribution in [-0.4, -0.2) is 60.0 Å². The molecule has 0 saturated carbocycles. The molecule has 1 unspecified atom stereocenters. The first-order valence-electron chi connectivity index (χ1n) is 7.01. The molecule has 1 atom stereocenters. The number of nitrogens with one attached hydrogen (secondary N) is 3. The van der Waals surface area contributed by atoms with E-state index in [0.717, 1.165) is 26.2 Å². The average molecular weight is 281 g/mol. The van der Waals surface area contributed by atoms with Crippen molar-refractivity contribution in [1.29, 1.82) is 0 Å². The predicted molar refractivity (Wildman–Crippen MR) is 76.6 cm³/mol. The molecule has 1 aromatic heterocycles. The van der Waals surface area contributed by atoms with Gasteiger partial charge in [0.1, 0.15) is 0 Å². The average Bonchev–Trinajstić information content (AvgIpc) is 2.89. The van der Waals surface area contributed by atoms with Gasteiger partial charge in [-0.3, -0.25) is 10.00 Å². The van der Waals surface area contributed by atoms with Crippen LogP contribution in [0.2, 0.25) is 0 Å². The summed E-state index contributed by atoms with van der Waals surface area (Å²) >= 11 is 0. The zero-order valence-corrected chi connectivity index (χ0v) is 12.1. The minimum atomic E-state index is -0.240. The molecule has 2 amide bonds. The SMILES string of the molecule is CC(C)CN1CCOC(CNC(=O)Nc2cn[nH]c2)C1. The Morgan fingerprint density at radius 1 is 1.65 bits per heavy atom. The molecule has 0 radical (unpaired) electrons. The maximum Gasteiger partial charge on any atom is 0.319 e. The highest BCUT2D eigenvalue weighted by Crippen LogP contribution is 2.07. The van der Waals surface area contributed by atoms with Crippen molar-refractivity contribution < 1.29 is 9.53 Å². The number of anilines is 1. The predicted octanol–water partition coefficient (Wildman–Crippen LogP) is 0.888. The number of nitrogens with zero attached hydrogens (tertiary/aromatic N) is 2. The van der Waals surface area contributed by atoms with Crippen LogP contribution in [0.3, 0.4) is 0 Å². The van der Waals surface area contributed by atoms with Crippen LogP contribution in [0.4, 0.5) is 10.5 Å². The quantitative estimate of drug-likeness (QED) is 0.748. The molecule has 2 rings (SSSR count). The first kappa shape index (κ1) is 14.8. The highest BCUT2D eigenvalue weighted by atomic mass is 16.5. The number of carbonyl (C=O) groups is 1. The van der Waals surface area contributed by atoms with Gasteiger partial charge in [-0.2, -0.15) is 5.10 Å². The van der Waals surface area contributed by atoms with Crippen LogP contribution in [0.1, 0.15) is 13.8 Å². The van der Waals surface area contributed by atoms with Gasteiger partial charge < -0.3 is 15.4 Å². The standard InChI is InChI=1S/C13H23N5O2/c1-10(2)8-18-3-4-20-12(9-18)7-14-13(19)17-11-5-15-16-6-11/h5-6,10,12H,3-4,7-9H2,1-2H3,(H,15,16)(H2,14,17,19). The van der Waals surface area contributed by atoms with Crippen molar-refractivity contribution in [3.63, 3.8) is 0 Å². The van der Waals surface area contributed by atoms with E-state index in [1.165, 1.54) is 0 Å². The van der Waals surface area contributed by atoms with E-state index in [4.69, 9.17) is 4.74 Å². The van der Waals surface area contributed by atoms with Crippen molar-refractivity contribution in [2.45, 2.75) is 20.0 Å². The van der Waals surface area contributed by atoms with Gasteiger partial charge in [-0.1, -0.05) is 13.8 Å². The van der Waals surface area contributed by atoms with E-state index in [-0.39, 0.29) is 12.1 Å². The Bertz CT molecular complexity index is 407. The summed E-state index contributed by atoms with van der Waals surface area (Å²) in [6.07, 6.45) is 3.24. The normalized spacial score (nSPS) is 20.1. The van der Waals surface area contributed by atoms with Crippen LogP contribution >= 0.6 is 0 Å². The Morgan fingerprint density at radius 2 is 2.50 bits per heavy atom. The Kier molecular flexibility index (Phi) is 5.37. The molecule has 112 valence electrons. The van der Waals surface area contributed by atoms with Crippen LogP contribution in [0.15, 0.2) is 12.4 Å². The highest BCUT2D eigenvalue weighted by molar-refractivity contribution is 5.88. The van der Waals surface area contributed by atoms with Crippen molar-refractivity contribution in [2.24, 2.45) is 5.92 Å². The summed E-state index contributed by atoms with van der Waals surface area (Å²) in [7, 11) is 0. The van der Waals surface area contributed by atoms with Crippen LogP contribution in [0.5, 0.6) is 0 Å². The summed E-state index contributed by atoms with van der Waals surface area (Å²) in [5.41, 5.74) is 0.647. The van der Waals surface area contributed by atoms with Gasteiger partial charge in [-0.15, -0.1) is 0 Å². The number of aromatic amines is 1. The second-order valence-corrected chi connectivity index (χ2v) is 5.47. The van der Waals surface area contributed by atoms with E-state index >= 15 is 0 Å². The van der Waals surface area contributed by atoms with Gasteiger partial charge in [0.25, 0.3) is 0 Å². The molecule has 0 bridgehead atoms. The van der Waals surface area contributed by atoms with Gasteiger partial charge in [0, 0.05) is 32.4 Å². The summed E-state index contributed by atoms with van der Waals surface area (Å²) in [5, 5.41) is 11.9. The number of morpholine rings is 1. The molecule has 1 aliphatic rings. The molecule has 7 nitrogen and oxygen atoms in total. The highest BCUT2D eigenvalue weighted by Gasteiger charge is 2.21. The molecule has 2 heterocycles. The smallest absolute Gasteiger partial charge is 0.319 e. The fourth-order valence-corrected chi connectivity index (χ4v) is 2.29. The number of rotatable bonds is 5. The second-order valence-electron chi connectivity index (χ2n) is 5.47. The van der Waals surface area contributed by atoms with Crippen molar-refractivity contribution in [2.75, 3.05) is 38.1 Å². The Balaban J connectivity index is 1.69. The van der Waals surface area contributed by atoms with E-state index in [9.17, 15) is 4.79 Å². The van der Waals surface area contributed by atoms with E-state index in [0.29, 0.717) is 18.2 Å². The van der Waals surface area contributed by atoms with Crippen molar-refractivity contribution in [1.82, 2.24) is 20.4 Å². The molecule has 1 aliphatic heterocycles. The summed E-state index contributed by atoms with van der Waals surface area (Å²) in [5.74, 6) is 0.645. The number of urea groups is 1. The van der Waals surface area contributed by atoms with Crippen molar-refractivity contribution in [3.05, 3.63) is 12.4 Å². The van der Waals surface area contributed by atoms with Crippen LogP contribution in [0, 0.1) is 5.92 Å². The molecule has 3 N–H and O–H groups in total. The lowest BCUT2D eigenvalue weighted by molar-refractivity contribution is -0.0288. The maximum atomic E-state index is 11.7. The second kappa shape index (κ2) is 7.25. The molecule has 1 saturated heterocycles. The lowest BCUT2D eigenvalue weighted by Crippen LogP contribution is -2.48. The molecular formula is C13H23N5O2. The zero-order chi connectivity index (χ0) is 14.4. The maximum absolute atomic E-state index is 11.7. The van der Waals surface area contributed by atoms with Crippen molar-refractivity contribution in [3.8, 4) is 0 Å². The number of hydrogen-bond donors (Lipinski definition) is 3. The minimum absolute atomic E-state index is 0.0533. The molecule has 7 heteroatoms. The van der Waals surface area contributed by atoms with E-state index in [1.54, 1.807) is 12.4 Å². The number of carbonyl (C=O) groups excluding carboxylic acids is 1. The topological polar surface area (TPSA) is 82.3 Å². The molecule has 20 heavy (non-hydrogen) atoms. The first-order chi connectivity index (χ1) is 9.63.